The van der Waals surface area contributed by atoms with Crippen LogP contribution in [0.4, 0.5) is 0 Å². The Hall–Kier alpha value is -7.49. The smallest absolute Gasteiger partial charge is 0.345 e. The van der Waals surface area contributed by atoms with E-state index in [1.165, 1.54) is 98.1 Å². The average molecular weight is 809 g/mol. The Bertz CT molecular complexity index is 2280. The van der Waals surface area contributed by atoms with E-state index in [9.17, 15) is 24.0 Å². The number of Topliss-reactive ketones (excluding diaryl/α,β-unsaturated/α-hetero) is 1. The lowest BCUT2D eigenvalue weighted by Crippen LogP contribution is -2.42. The van der Waals surface area contributed by atoms with Crippen molar-refractivity contribution in [2.45, 2.75) is 51.9 Å². The summed E-state index contributed by atoms with van der Waals surface area (Å²) in [6, 6.07) is 18.7. The van der Waals surface area contributed by atoms with Crippen LogP contribution in [0.2, 0.25) is 0 Å². The van der Waals surface area contributed by atoms with Gasteiger partial charge in [-0.1, -0.05) is 12.1 Å². The van der Waals surface area contributed by atoms with Crippen LogP contribution in [0.25, 0.3) is 0 Å². The first-order chi connectivity index (χ1) is 29.0. The summed E-state index contributed by atoms with van der Waals surface area (Å²) in [5.74, 6) is -3.91. The van der Waals surface area contributed by atoms with Crippen LogP contribution in [-0.4, -0.2) is 61.7 Å². The van der Waals surface area contributed by atoms with Gasteiger partial charge in [0.1, 0.15) is 0 Å². The molecule has 2 aromatic carbocycles. The van der Waals surface area contributed by atoms with Crippen LogP contribution in [-0.2, 0) is 4.79 Å². The Morgan fingerprint density at radius 3 is 1.00 bits per heavy atom. The predicted octanol–water partition coefficient (Wildman–Crippen LogP) is 6.49. The lowest BCUT2D eigenvalue weighted by atomic mass is 9.91. The maximum absolute atomic E-state index is 15.0. The molecular formula is C45H40N6O9. The number of ketones is 1. The third-order valence-electron chi connectivity index (χ3n) is 8.57. The minimum Gasteiger partial charge on any atom is -0.419 e. The number of ether oxygens (including phenoxy) is 4. The number of carbonyl (C=O) groups excluding carboxylic acids is 5. The van der Waals surface area contributed by atoms with Gasteiger partial charge in [-0.05, 0) is 112 Å². The third-order valence-corrected chi connectivity index (χ3v) is 8.57. The summed E-state index contributed by atoms with van der Waals surface area (Å²) in [6.45, 7) is 7.44. The molecule has 2 unspecified atom stereocenters. The summed E-state index contributed by atoms with van der Waals surface area (Å²) in [7, 11) is 0. The molecule has 0 radical (unpaired) electrons. The molecule has 4 heterocycles. The zero-order chi connectivity index (χ0) is 42.6. The van der Waals surface area contributed by atoms with E-state index >= 15 is 0 Å². The fraction of sp³-hybridized carbons (Fsp3) is 0.178. The highest BCUT2D eigenvalue weighted by atomic mass is 16.6. The number of benzene rings is 2. The van der Waals surface area contributed by atoms with E-state index < -0.39 is 36.0 Å². The molecule has 6 aromatic rings. The zero-order valence-corrected chi connectivity index (χ0v) is 33.0. The summed E-state index contributed by atoms with van der Waals surface area (Å²) in [5, 5.41) is 6.64. The molecule has 0 aliphatic carbocycles. The van der Waals surface area contributed by atoms with Gasteiger partial charge in [0, 0.05) is 61.7 Å². The van der Waals surface area contributed by atoms with Crippen molar-refractivity contribution < 1.29 is 42.9 Å². The van der Waals surface area contributed by atoms with Crippen LogP contribution in [0.3, 0.4) is 0 Å². The van der Waals surface area contributed by atoms with Crippen LogP contribution in [0.1, 0.15) is 92.3 Å². The van der Waals surface area contributed by atoms with Gasteiger partial charge in [-0.15, -0.1) is 0 Å². The van der Waals surface area contributed by atoms with Crippen LogP contribution in [0, 0.1) is 0 Å². The summed E-state index contributed by atoms with van der Waals surface area (Å²) >= 11 is 0. The molecule has 4 aromatic heterocycles. The first-order valence-corrected chi connectivity index (χ1v) is 18.8. The van der Waals surface area contributed by atoms with Crippen molar-refractivity contribution in [1.82, 2.24) is 30.6 Å². The van der Waals surface area contributed by atoms with Gasteiger partial charge >= 0.3 is 23.9 Å². The maximum Gasteiger partial charge on any atom is 0.345 e. The number of hydrogen-bond acceptors (Lipinski definition) is 15. The van der Waals surface area contributed by atoms with Crippen molar-refractivity contribution in [3.05, 3.63) is 168 Å². The lowest BCUT2D eigenvalue weighted by Gasteiger charge is -2.28. The van der Waals surface area contributed by atoms with Crippen molar-refractivity contribution in [2.75, 3.05) is 0 Å². The minimum atomic E-state index is -1.05. The number of nitrogens with zero attached hydrogens (tertiary/aromatic N) is 4. The lowest BCUT2D eigenvalue weighted by molar-refractivity contribution is -0.123. The Balaban J connectivity index is 1.39. The number of hydrogen-bond donors (Lipinski definition) is 2. The number of rotatable bonds is 16. The van der Waals surface area contributed by atoms with Crippen molar-refractivity contribution in [3.63, 3.8) is 0 Å². The largest absolute Gasteiger partial charge is 0.419 e. The number of carbonyl (C=O) groups is 5. The second-order valence-corrected chi connectivity index (χ2v) is 13.8. The molecule has 2 atom stereocenters. The number of pyridine rings is 4. The van der Waals surface area contributed by atoms with Crippen molar-refractivity contribution >= 4 is 29.7 Å². The normalized spacial score (nSPS) is 12.0. The number of nitrogens with one attached hydrogen (secondary N) is 2. The highest BCUT2D eigenvalue weighted by molar-refractivity contribution is 5.95. The van der Waals surface area contributed by atoms with Crippen LogP contribution in [0.15, 0.2) is 135 Å². The second-order valence-electron chi connectivity index (χ2n) is 13.8. The fourth-order valence-electron chi connectivity index (χ4n) is 5.82. The molecule has 304 valence electrons. The molecule has 6 rings (SSSR count). The van der Waals surface area contributed by atoms with E-state index in [2.05, 4.69) is 30.6 Å². The molecule has 0 bridgehead atoms. The number of esters is 4. The van der Waals surface area contributed by atoms with Crippen LogP contribution in [0.5, 0.6) is 23.0 Å². The van der Waals surface area contributed by atoms with E-state index in [1.807, 2.05) is 27.7 Å². The van der Waals surface area contributed by atoms with Gasteiger partial charge < -0.3 is 29.6 Å². The highest BCUT2D eigenvalue weighted by Gasteiger charge is 2.33. The Kier molecular flexibility index (Phi) is 13.9. The van der Waals surface area contributed by atoms with Crippen LogP contribution >= 0.6 is 0 Å². The van der Waals surface area contributed by atoms with E-state index in [0.29, 0.717) is 11.1 Å². The molecule has 0 saturated heterocycles. The third kappa shape index (κ3) is 10.9. The Morgan fingerprint density at radius 2 is 0.733 bits per heavy atom. The van der Waals surface area contributed by atoms with E-state index in [1.54, 1.807) is 36.4 Å². The van der Waals surface area contributed by atoms with Crippen molar-refractivity contribution in [3.8, 4) is 23.0 Å². The SMILES string of the molecule is CC(C)NC(C(=O)C(NC(C)C)c1ccc(OC(=O)c2cccnc2)c(OC(=O)c2cccnc2)c1)c1ccc(OC(=O)c2cccnc2)c(OC(=O)c2cccnc2)c1. The molecule has 0 spiro atoms. The summed E-state index contributed by atoms with van der Waals surface area (Å²) < 4.78 is 23.0. The molecule has 60 heavy (non-hydrogen) atoms. The van der Waals surface area contributed by atoms with Crippen LogP contribution < -0.4 is 29.6 Å². The van der Waals surface area contributed by atoms with E-state index in [-0.39, 0.29) is 63.1 Å². The van der Waals surface area contributed by atoms with Gasteiger partial charge in [-0.2, -0.15) is 0 Å². The van der Waals surface area contributed by atoms with Gasteiger partial charge in [0.05, 0.1) is 34.3 Å². The molecule has 15 nitrogen and oxygen atoms in total. The highest BCUT2D eigenvalue weighted by Crippen LogP contribution is 2.37. The quantitative estimate of drug-likeness (QED) is 0.0794. The Labute approximate surface area is 345 Å². The van der Waals surface area contributed by atoms with Gasteiger partial charge in [0.2, 0.25) is 0 Å². The van der Waals surface area contributed by atoms with E-state index in [4.69, 9.17) is 18.9 Å². The monoisotopic (exact) mass is 808 g/mol. The first-order valence-electron chi connectivity index (χ1n) is 18.8. The van der Waals surface area contributed by atoms with Crippen molar-refractivity contribution in [1.29, 1.82) is 0 Å². The molecule has 15 heteroatoms. The van der Waals surface area contributed by atoms with Gasteiger partial charge in [-0.3, -0.25) is 24.7 Å². The average Bonchev–Trinajstić information content (AvgIpc) is 3.26. The number of aromatic nitrogens is 4. The molecule has 2 N–H and O–H groups in total. The molecule has 0 aliphatic heterocycles. The van der Waals surface area contributed by atoms with E-state index in [0.717, 1.165) is 0 Å². The topological polar surface area (TPSA) is 198 Å². The van der Waals surface area contributed by atoms with Crippen molar-refractivity contribution in [2.24, 2.45) is 0 Å². The first kappa shape index (κ1) is 42.1. The maximum atomic E-state index is 15.0. The van der Waals surface area contributed by atoms with Gasteiger partial charge in [0.25, 0.3) is 0 Å². The van der Waals surface area contributed by atoms with Gasteiger partial charge in [0.15, 0.2) is 28.8 Å². The minimum absolute atomic E-state index is 0.0889. The molecule has 0 amide bonds. The second kappa shape index (κ2) is 19.8. The molecule has 0 aliphatic rings. The summed E-state index contributed by atoms with van der Waals surface area (Å²) in [6.07, 6.45) is 11.4. The molecule has 0 saturated carbocycles. The van der Waals surface area contributed by atoms with Gasteiger partial charge in [-0.25, -0.2) is 19.2 Å². The Morgan fingerprint density at radius 1 is 0.433 bits per heavy atom. The zero-order valence-electron chi connectivity index (χ0n) is 33.0. The molecule has 0 fully saturated rings. The summed E-state index contributed by atoms with van der Waals surface area (Å²) in [4.78, 5) is 83.8. The standard InChI is InChI=1S/C45H40N6O9/c1-27(2)50-39(29-13-15-35(57-42(53)31-9-5-17-46-23-31)37(21-29)59-44(55)33-11-7-19-48-25-33)41(52)40(51-28(3)4)30-14-16-36(58-43(54)32-10-6-18-47-24-32)38(22-30)60-45(56)34-12-8-20-49-26-34/h5-28,39-40,50-51H,1-4H3. The predicted molar refractivity (Wildman–Crippen MR) is 217 cm³/mol. The fourth-order valence-corrected chi connectivity index (χ4v) is 5.82. The summed E-state index contributed by atoms with van der Waals surface area (Å²) in [5.41, 5.74) is 1.32. The molecular weight excluding hydrogens is 769 g/mol.